The first kappa shape index (κ1) is 52.4. The molecule has 89 heavy (non-hydrogen) atoms. The quantitative estimate of drug-likeness (QED) is 0.136. The first-order valence-electron chi connectivity index (χ1n) is 29.9. The third-order valence-electron chi connectivity index (χ3n) is 16.7. The van der Waals surface area contributed by atoms with Crippen LogP contribution < -0.4 is 0 Å². The standard InChI is InChI=1S/C43H29N3.C38H25N5/c1-3-9-30(10-4-1)35-20-24-41-38(27-35)39-28-36(31-11-5-2-6-12-31)21-25-42(39)46(41)37-22-18-33(19-23-37)32-14-16-34(17-15-32)40-29-45-26-8-7-13-43(45)44-40;1-2-10-28(11-3-1)36-40-37(42-38(41-36)33-14-8-9-25-39-33)29-19-17-26(18-20-29)27-21-23-30(24-22-27)43-34-15-6-4-12-31(34)32-13-5-7-16-35(32)43/h1-29H;1-25H. The van der Waals surface area contributed by atoms with Crippen LogP contribution in [-0.2, 0) is 0 Å². The van der Waals surface area contributed by atoms with E-state index in [9.17, 15) is 0 Å². The van der Waals surface area contributed by atoms with Crippen molar-refractivity contribution in [2.45, 2.75) is 0 Å². The molecule has 0 bridgehead atoms. The molecule has 0 fully saturated rings. The fourth-order valence-corrected chi connectivity index (χ4v) is 12.3. The van der Waals surface area contributed by atoms with Crippen LogP contribution in [0.5, 0.6) is 0 Å². The predicted molar refractivity (Wildman–Crippen MR) is 365 cm³/mol. The summed E-state index contributed by atoms with van der Waals surface area (Å²) < 4.78 is 6.79. The molecule has 0 saturated heterocycles. The molecule has 8 nitrogen and oxygen atoms in total. The van der Waals surface area contributed by atoms with Gasteiger partial charge in [-0.15, -0.1) is 0 Å². The smallest absolute Gasteiger partial charge is 0.182 e. The number of benzene rings is 11. The first-order valence-corrected chi connectivity index (χ1v) is 29.9. The molecular weight excluding hydrogens is 1080 g/mol. The number of pyridine rings is 2. The first-order chi connectivity index (χ1) is 44.1. The van der Waals surface area contributed by atoms with Crippen molar-refractivity contribution in [3.05, 3.63) is 328 Å². The fraction of sp³-hybridized carbons (Fsp3) is 0. The molecule has 0 atom stereocenters. The number of fused-ring (bicyclic) bond motifs is 7. The summed E-state index contributed by atoms with van der Waals surface area (Å²) in [4.78, 5) is 23.6. The van der Waals surface area contributed by atoms with E-state index >= 15 is 0 Å². The molecule has 0 N–H and O–H groups in total. The highest BCUT2D eigenvalue weighted by Crippen LogP contribution is 2.39. The predicted octanol–water partition coefficient (Wildman–Crippen LogP) is 20.1. The highest BCUT2D eigenvalue weighted by molar-refractivity contribution is 6.12. The molecule has 11 aromatic carbocycles. The average Bonchev–Trinajstić information content (AvgIpc) is 1.76. The van der Waals surface area contributed by atoms with Crippen molar-refractivity contribution in [3.63, 3.8) is 0 Å². The highest BCUT2D eigenvalue weighted by Gasteiger charge is 2.18. The van der Waals surface area contributed by atoms with Gasteiger partial charge in [0.15, 0.2) is 17.5 Å². The summed E-state index contributed by atoms with van der Waals surface area (Å²) in [6, 6.07) is 109. The Hall–Kier alpha value is -12.1. The van der Waals surface area contributed by atoms with Crippen molar-refractivity contribution in [3.8, 4) is 101 Å². The van der Waals surface area contributed by atoms with Gasteiger partial charge in [-0.2, -0.15) is 0 Å². The van der Waals surface area contributed by atoms with Gasteiger partial charge in [-0.1, -0.05) is 224 Å². The Bertz CT molecular complexity index is 5130. The van der Waals surface area contributed by atoms with E-state index in [1.54, 1.807) is 6.20 Å². The van der Waals surface area contributed by atoms with Gasteiger partial charge in [0.1, 0.15) is 11.3 Å². The van der Waals surface area contributed by atoms with Gasteiger partial charge >= 0.3 is 0 Å². The Morgan fingerprint density at radius 2 is 0.618 bits per heavy atom. The second kappa shape index (κ2) is 22.7. The van der Waals surface area contributed by atoms with Gasteiger partial charge in [0.05, 0.1) is 27.8 Å². The second-order valence-electron chi connectivity index (χ2n) is 22.1. The van der Waals surface area contributed by atoms with Crippen molar-refractivity contribution >= 4 is 49.3 Å². The van der Waals surface area contributed by atoms with Crippen LogP contribution in [-0.4, -0.2) is 38.5 Å². The van der Waals surface area contributed by atoms with Crippen LogP contribution in [0.25, 0.3) is 151 Å². The van der Waals surface area contributed by atoms with Crippen LogP contribution in [0.2, 0.25) is 0 Å². The van der Waals surface area contributed by atoms with E-state index in [2.05, 4.69) is 267 Å². The lowest BCUT2D eigenvalue weighted by Gasteiger charge is -2.10. The number of para-hydroxylation sites is 2. The fourth-order valence-electron chi connectivity index (χ4n) is 12.3. The number of rotatable bonds is 10. The largest absolute Gasteiger partial charge is 0.309 e. The Morgan fingerprint density at radius 1 is 0.236 bits per heavy atom. The van der Waals surface area contributed by atoms with E-state index in [4.69, 9.17) is 19.9 Å². The van der Waals surface area contributed by atoms with Crippen molar-refractivity contribution in [1.29, 1.82) is 0 Å². The maximum absolute atomic E-state index is 4.84. The van der Waals surface area contributed by atoms with E-state index in [-0.39, 0.29) is 0 Å². The van der Waals surface area contributed by atoms with Crippen molar-refractivity contribution in [1.82, 2.24) is 38.5 Å². The van der Waals surface area contributed by atoms with E-state index < -0.39 is 0 Å². The van der Waals surface area contributed by atoms with E-state index in [0.717, 1.165) is 50.5 Å². The van der Waals surface area contributed by atoms with Gasteiger partial charge in [-0.05, 0) is 129 Å². The van der Waals surface area contributed by atoms with Gasteiger partial charge in [0, 0.05) is 68.2 Å². The zero-order valence-corrected chi connectivity index (χ0v) is 48.3. The van der Waals surface area contributed by atoms with Gasteiger partial charge < -0.3 is 13.5 Å². The van der Waals surface area contributed by atoms with Gasteiger partial charge in [0.25, 0.3) is 0 Å². The van der Waals surface area contributed by atoms with Crippen molar-refractivity contribution in [2.24, 2.45) is 0 Å². The lowest BCUT2D eigenvalue weighted by Crippen LogP contribution is -2.00. The number of nitrogens with zero attached hydrogens (tertiary/aromatic N) is 8. The van der Waals surface area contributed by atoms with Crippen LogP contribution in [0.3, 0.4) is 0 Å². The Kier molecular flexibility index (Phi) is 13.4. The number of aromatic nitrogens is 8. The number of hydrogen-bond acceptors (Lipinski definition) is 5. The molecule has 17 rings (SSSR count). The Morgan fingerprint density at radius 3 is 1.11 bits per heavy atom. The zero-order chi connectivity index (χ0) is 59.0. The molecule has 0 radical (unpaired) electrons. The minimum atomic E-state index is 0.550. The number of hydrogen-bond donors (Lipinski definition) is 0. The van der Waals surface area contributed by atoms with Gasteiger partial charge in [-0.25, -0.2) is 19.9 Å². The highest BCUT2D eigenvalue weighted by atomic mass is 15.0. The molecule has 418 valence electrons. The van der Waals surface area contributed by atoms with Crippen molar-refractivity contribution < 1.29 is 0 Å². The normalized spacial score (nSPS) is 11.4. The number of imidazole rings is 1. The summed E-state index contributed by atoms with van der Waals surface area (Å²) in [6.45, 7) is 0. The summed E-state index contributed by atoms with van der Waals surface area (Å²) in [6.07, 6.45) is 5.86. The third kappa shape index (κ3) is 10.1. The molecule has 8 heteroatoms. The second-order valence-corrected chi connectivity index (χ2v) is 22.1. The lowest BCUT2D eigenvalue weighted by molar-refractivity contribution is 1.06. The van der Waals surface area contributed by atoms with Crippen LogP contribution in [0.4, 0.5) is 0 Å². The van der Waals surface area contributed by atoms with Crippen LogP contribution in [0.15, 0.2) is 328 Å². The van der Waals surface area contributed by atoms with Gasteiger partial charge in [-0.3, -0.25) is 4.98 Å². The topological polar surface area (TPSA) is 78.7 Å². The monoisotopic (exact) mass is 1140 g/mol. The summed E-state index contributed by atoms with van der Waals surface area (Å²) in [5.41, 5.74) is 22.2. The van der Waals surface area contributed by atoms with E-state index in [0.29, 0.717) is 23.2 Å². The zero-order valence-electron chi connectivity index (χ0n) is 48.3. The SMILES string of the molecule is c1ccc(-c2ccc3c(c2)c2cc(-c4ccccc4)ccc2n3-c2ccc(-c3ccc(-c4cn5ccccc5n4)cc3)cc2)cc1.c1ccc(-c2nc(-c3ccc(-c4ccc(-n5c6ccccc6c6ccccc65)cc4)cc3)nc(-c3ccccn3)n2)cc1. The van der Waals surface area contributed by atoms with Gasteiger partial charge in [0.2, 0.25) is 0 Å². The molecule has 0 aliphatic heterocycles. The molecule has 0 saturated carbocycles. The van der Waals surface area contributed by atoms with Crippen LogP contribution >= 0.6 is 0 Å². The molecular formula is C81H54N8. The summed E-state index contributed by atoms with van der Waals surface area (Å²) in [5.74, 6) is 1.79. The maximum atomic E-state index is 4.84. The lowest BCUT2D eigenvalue weighted by atomic mass is 10.0. The molecule has 0 aliphatic rings. The Labute approximate surface area is 514 Å². The molecule has 0 spiro atoms. The molecule has 6 heterocycles. The van der Waals surface area contributed by atoms with Crippen molar-refractivity contribution in [2.75, 3.05) is 0 Å². The average molecular weight is 1140 g/mol. The summed E-state index contributed by atoms with van der Waals surface area (Å²) >= 11 is 0. The third-order valence-corrected chi connectivity index (χ3v) is 16.7. The van der Waals surface area contributed by atoms with Crippen LogP contribution in [0, 0.1) is 0 Å². The maximum Gasteiger partial charge on any atom is 0.182 e. The van der Waals surface area contributed by atoms with Crippen LogP contribution in [0.1, 0.15) is 0 Å². The minimum Gasteiger partial charge on any atom is -0.309 e. The molecule has 17 aromatic rings. The van der Waals surface area contributed by atoms with E-state index in [1.807, 2.05) is 72.9 Å². The minimum absolute atomic E-state index is 0.550. The molecule has 0 aliphatic carbocycles. The molecule has 0 amide bonds. The molecule has 0 unspecified atom stereocenters. The molecule has 6 aromatic heterocycles. The van der Waals surface area contributed by atoms with E-state index in [1.165, 1.54) is 77.0 Å². The summed E-state index contributed by atoms with van der Waals surface area (Å²) in [7, 11) is 0. The summed E-state index contributed by atoms with van der Waals surface area (Å²) in [5, 5.41) is 5.02. The Balaban J connectivity index is 0.000000143.